The molecule has 0 radical (unpaired) electrons. The first-order chi connectivity index (χ1) is 8.22. The molecule has 0 amide bonds. The maximum absolute atomic E-state index is 4.51. The highest BCUT2D eigenvalue weighted by Crippen LogP contribution is 2.22. The van der Waals surface area contributed by atoms with E-state index in [9.17, 15) is 0 Å². The molecule has 1 N–H and O–H groups in total. The van der Waals surface area contributed by atoms with E-state index in [0.29, 0.717) is 12.0 Å². The second-order valence-corrected chi connectivity index (χ2v) is 5.30. The maximum Gasteiger partial charge on any atom is 0.115 e. The van der Waals surface area contributed by atoms with Gasteiger partial charge in [0.2, 0.25) is 0 Å². The average molecular weight is 233 g/mol. The number of nitrogens with zero attached hydrogens (tertiary/aromatic N) is 2. The second-order valence-electron chi connectivity index (χ2n) is 5.30. The molecule has 1 atom stereocenters. The van der Waals surface area contributed by atoms with Crippen LogP contribution in [0.4, 0.5) is 0 Å². The summed E-state index contributed by atoms with van der Waals surface area (Å²) >= 11 is 0. The molecule has 0 fully saturated rings. The van der Waals surface area contributed by atoms with Crippen LogP contribution in [0, 0.1) is 5.92 Å². The van der Waals surface area contributed by atoms with Gasteiger partial charge in [0.05, 0.1) is 0 Å². The lowest BCUT2D eigenvalue weighted by molar-refractivity contribution is 0.419. The first kappa shape index (κ1) is 12.5. The summed E-state index contributed by atoms with van der Waals surface area (Å²) in [6.07, 6.45) is 7.64. The molecule has 1 heterocycles. The van der Waals surface area contributed by atoms with Crippen molar-refractivity contribution in [3.63, 3.8) is 0 Å². The third-order valence-electron chi connectivity index (χ3n) is 3.80. The van der Waals surface area contributed by atoms with Crippen LogP contribution >= 0.6 is 0 Å². The van der Waals surface area contributed by atoms with Gasteiger partial charge in [-0.05, 0) is 44.2 Å². The van der Waals surface area contributed by atoms with Crippen molar-refractivity contribution in [3.05, 3.63) is 23.3 Å². The van der Waals surface area contributed by atoms with Gasteiger partial charge in [-0.3, -0.25) is 0 Å². The van der Waals surface area contributed by atoms with Crippen molar-refractivity contribution < 1.29 is 0 Å². The predicted octanol–water partition coefficient (Wildman–Crippen LogP) is 2.14. The molecule has 3 nitrogen and oxygen atoms in total. The Balaban J connectivity index is 2.20. The average Bonchev–Trinajstić information content (AvgIpc) is 2.35. The van der Waals surface area contributed by atoms with Gasteiger partial charge in [-0.2, -0.15) is 0 Å². The fourth-order valence-corrected chi connectivity index (χ4v) is 2.64. The summed E-state index contributed by atoms with van der Waals surface area (Å²) in [5.74, 6) is 0.634. The minimum Gasteiger partial charge on any atom is -0.316 e. The molecule has 0 spiro atoms. The number of aromatic nitrogens is 2. The molecule has 2 rings (SSSR count). The van der Waals surface area contributed by atoms with E-state index in [1.54, 1.807) is 6.33 Å². The molecule has 1 aromatic rings. The highest BCUT2D eigenvalue weighted by Gasteiger charge is 2.19. The molecule has 1 aliphatic carbocycles. The zero-order valence-electron chi connectivity index (χ0n) is 11.2. The Morgan fingerprint density at radius 3 is 2.71 bits per heavy atom. The van der Waals surface area contributed by atoms with Crippen molar-refractivity contribution in [1.82, 2.24) is 15.3 Å². The van der Waals surface area contributed by atoms with Crippen molar-refractivity contribution in [2.24, 2.45) is 5.92 Å². The van der Waals surface area contributed by atoms with Crippen LogP contribution in [0.2, 0.25) is 0 Å². The van der Waals surface area contributed by atoms with E-state index in [0.717, 1.165) is 12.8 Å². The van der Waals surface area contributed by atoms with E-state index < -0.39 is 0 Å². The molecule has 17 heavy (non-hydrogen) atoms. The molecule has 94 valence electrons. The number of aryl methyl sites for hydroxylation is 1. The van der Waals surface area contributed by atoms with Gasteiger partial charge in [0.1, 0.15) is 6.33 Å². The number of hydrogen-bond acceptors (Lipinski definition) is 3. The number of likely N-dealkylation sites (N-methyl/N-ethyl adjacent to an activating group) is 1. The summed E-state index contributed by atoms with van der Waals surface area (Å²) in [4.78, 5) is 8.94. The van der Waals surface area contributed by atoms with Crippen LogP contribution in [0.5, 0.6) is 0 Å². The van der Waals surface area contributed by atoms with E-state index in [1.807, 2.05) is 7.05 Å². The third kappa shape index (κ3) is 2.83. The highest BCUT2D eigenvalue weighted by molar-refractivity contribution is 5.27. The van der Waals surface area contributed by atoms with Gasteiger partial charge >= 0.3 is 0 Å². The molecular weight excluding hydrogens is 210 g/mol. The van der Waals surface area contributed by atoms with Crippen LogP contribution in [0.3, 0.4) is 0 Å². The van der Waals surface area contributed by atoms with Gasteiger partial charge in [-0.15, -0.1) is 0 Å². The Labute approximate surface area is 104 Å². The molecule has 0 saturated carbocycles. The van der Waals surface area contributed by atoms with Crippen LogP contribution in [0.15, 0.2) is 6.33 Å². The standard InChI is InChI=1S/C14H23N3/c1-10(2)13(15-3)8-14-11-6-4-5-7-12(11)16-9-17-14/h9-10,13,15H,4-8H2,1-3H3. The van der Waals surface area contributed by atoms with Crippen molar-refractivity contribution >= 4 is 0 Å². The van der Waals surface area contributed by atoms with E-state index in [-0.39, 0.29) is 0 Å². The number of rotatable bonds is 4. The lowest BCUT2D eigenvalue weighted by Crippen LogP contribution is -2.33. The summed E-state index contributed by atoms with van der Waals surface area (Å²) in [6.45, 7) is 4.52. The Bertz CT molecular complexity index is 374. The first-order valence-corrected chi connectivity index (χ1v) is 6.71. The van der Waals surface area contributed by atoms with Crippen molar-refractivity contribution in [3.8, 4) is 0 Å². The zero-order chi connectivity index (χ0) is 12.3. The smallest absolute Gasteiger partial charge is 0.115 e. The van der Waals surface area contributed by atoms with Gasteiger partial charge in [0, 0.05) is 23.9 Å². The number of hydrogen-bond donors (Lipinski definition) is 1. The van der Waals surface area contributed by atoms with Crippen LogP contribution in [-0.4, -0.2) is 23.1 Å². The minimum atomic E-state index is 0.510. The molecule has 0 saturated heterocycles. The molecule has 0 aromatic carbocycles. The molecule has 1 aromatic heterocycles. The third-order valence-corrected chi connectivity index (χ3v) is 3.80. The Morgan fingerprint density at radius 2 is 2.00 bits per heavy atom. The summed E-state index contributed by atoms with van der Waals surface area (Å²) in [5.41, 5.74) is 3.99. The van der Waals surface area contributed by atoms with E-state index in [4.69, 9.17) is 0 Å². The van der Waals surface area contributed by atoms with E-state index >= 15 is 0 Å². The summed E-state index contributed by atoms with van der Waals surface area (Å²) < 4.78 is 0. The summed E-state index contributed by atoms with van der Waals surface area (Å²) in [6, 6.07) is 0.510. The Kier molecular flexibility index (Phi) is 4.11. The van der Waals surface area contributed by atoms with Crippen molar-refractivity contribution in [1.29, 1.82) is 0 Å². The molecule has 1 aliphatic rings. The molecule has 0 aliphatic heterocycles. The van der Waals surface area contributed by atoms with Crippen LogP contribution in [0.1, 0.15) is 43.6 Å². The molecule has 0 bridgehead atoms. The topological polar surface area (TPSA) is 37.8 Å². The van der Waals surface area contributed by atoms with Crippen LogP contribution in [-0.2, 0) is 19.3 Å². The molecule has 1 unspecified atom stereocenters. The molecule has 3 heteroatoms. The van der Waals surface area contributed by atoms with Crippen LogP contribution in [0.25, 0.3) is 0 Å². The summed E-state index contributed by atoms with van der Waals surface area (Å²) in [7, 11) is 2.04. The fourth-order valence-electron chi connectivity index (χ4n) is 2.64. The van der Waals surface area contributed by atoms with Crippen molar-refractivity contribution in [2.75, 3.05) is 7.05 Å². The van der Waals surface area contributed by atoms with Gasteiger partial charge < -0.3 is 5.32 Å². The molecular formula is C14H23N3. The minimum absolute atomic E-state index is 0.510. The van der Waals surface area contributed by atoms with E-state index in [2.05, 4.69) is 29.1 Å². The van der Waals surface area contributed by atoms with Crippen LogP contribution < -0.4 is 5.32 Å². The first-order valence-electron chi connectivity index (χ1n) is 6.71. The number of fused-ring (bicyclic) bond motifs is 1. The van der Waals surface area contributed by atoms with Gasteiger partial charge in [-0.1, -0.05) is 13.8 Å². The Hall–Kier alpha value is -0.960. The normalized spacial score (nSPS) is 16.9. The second kappa shape index (κ2) is 5.58. The monoisotopic (exact) mass is 233 g/mol. The lowest BCUT2D eigenvalue weighted by atomic mass is 9.90. The number of nitrogens with one attached hydrogen (secondary N) is 1. The SMILES string of the molecule is CNC(Cc1ncnc2c1CCCC2)C(C)C. The highest BCUT2D eigenvalue weighted by atomic mass is 14.9. The predicted molar refractivity (Wildman–Crippen MR) is 70.1 cm³/mol. The van der Waals surface area contributed by atoms with Gasteiger partial charge in [-0.25, -0.2) is 9.97 Å². The Morgan fingerprint density at radius 1 is 1.24 bits per heavy atom. The summed E-state index contributed by atoms with van der Waals surface area (Å²) in [5, 5.41) is 3.40. The fraction of sp³-hybridized carbons (Fsp3) is 0.714. The van der Waals surface area contributed by atoms with E-state index in [1.165, 1.54) is 36.2 Å². The maximum atomic E-state index is 4.51. The zero-order valence-corrected chi connectivity index (χ0v) is 11.2. The lowest BCUT2D eigenvalue weighted by Gasteiger charge is -2.23. The van der Waals surface area contributed by atoms with Crippen molar-refractivity contribution in [2.45, 2.75) is 52.0 Å². The van der Waals surface area contributed by atoms with Gasteiger partial charge in [0.25, 0.3) is 0 Å². The quantitative estimate of drug-likeness (QED) is 0.866. The van der Waals surface area contributed by atoms with Gasteiger partial charge in [0.15, 0.2) is 0 Å². The largest absolute Gasteiger partial charge is 0.316 e.